The summed E-state index contributed by atoms with van der Waals surface area (Å²) in [5, 5.41) is 3.21. The Morgan fingerprint density at radius 2 is 2.12 bits per heavy atom. The molecule has 1 aromatic rings. The summed E-state index contributed by atoms with van der Waals surface area (Å²) < 4.78 is 0. The lowest BCUT2D eigenvalue weighted by atomic mass is 10.1. The van der Waals surface area contributed by atoms with Crippen molar-refractivity contribution in [2.75, 3.05) is 11.4 Å². The number of carbonyl (C=O) groups excluding carboxylic acids is 2. The monoisotopic (exact) mass is 252 g/mol. The van der Waals surface area contributed by atoms with Crippen molar-refractivity contribution in [3.63, 3.8) is 0 Å². The van der Waals surface area contributed by atoms with E-state index >= 15 is 0 Å². The first kappa shape index (κ1) is 11.9. The van der Waals surface area contributed by atoms with Crippen LogP contribution in [0.25, 0.3) is 0 Å². The van der Waals surface area contributed by atoms with Crippen LogP contribution in [0.4, 0.5) is 10.5 Å². The molecule has 1 fully saturated rings. The average molecular weight is 253 g/mol. The van der Waals surface area contributed by atoms with E-state index in [0.717, 1.165) is 10.5 Å². The summed E-state index contributed by atoms with van der Waals surface area (Å²) in [6.45, 7) is 4.03. The molecule has 1 aliphatic heterocycles. The molecule has 3 amide bonds. The van der Waals surface area contributed by atoms with Crippen molar-refractivity contribution in [2.24, 2.45) is 5.92 Å². The molecular weight excluding hydrogens is 240 g/mol. The summed E-state index contributed by atoms with van der Waals surface area (Å²) in [5.74, 6) is -0.415. The Labute approximate surface area is 105 Å². The van der Waals surface area contributed by atoms with Gasteiger partial charge < -0.3 is 5.32 Å². The van der Waals surface area contributed by atoms with Crippen molar-refractivity contribution in [3.8, 4) is 0 Å². The van der Waals surface area contributed by atoms with Crippen LogP contribution in [0.2, 0.25) is 5.02 Å². The highest BCUT2D eigenvalue weighted by Gasteiger charge is 2.32. The van der Waals surface area contributed by atoms with Crippen LogP contribution in [0.15, 0.2) is 18.2 Å². The molecule has 5 heteroatoms. The molecule has 1 atom stereocenters. The molecule has 0 aromatic heterocycles. The second-order valence-corrected chi connectivity index (χ2v) is 4.60. The number of halogens is 1. The minimum atomic E-state index is -0.395. The van der Waals surface area contributed by atoms with Crippen molar-refractivity contribution in [2.45, 2.75) is 13.8 Å². The number of hydrogen-bond acceptors (Lipinski definition) is 2. The maximum Gasteiger partial charge on any atom is 0.328 e. The number of nitrogens with zero attached hydrogens (tertiary/aromatic N) is 1. The van der Waals surface area contributed by atoms with Gasteiger partial charge in [-0.1, -0.05) is 24.6 Å². The van der Waals surface area contributed by atoms with Gasteiger partial charge in [0.05, 0.1) is 11.6 Å². The summed E-state index contributed by atoms with van der Waals surface area (Å²) in [6.07, 6.45) is 0. The van der Waals surface area contributed by atoms with E-state index in [9.17, 15) is 9.59 Å². The van der Waals surface area contributed by atoms with Crippen LogP contribution in [0.5, 0.6) is 0 Å². The highest BCUT2D eigenvalue weighted by molar-refractivity contribution is 6.32. The van der Waals surface area contributed by atoms with Crippen molar-refractivity contribution in [3.05, 3.63) is 28.8 Å². The number of benzene rings is 1. The number of hydrogen-bond donors (Lipinski definition) is 1. The quantitative estimate of drug-likeness (QED) is 0.834. The summed E-state index contributed by atoms with van der Waals surface area (Å²) in [4.78, 5) is 24.8. The molecule has 1 aliphatic rings. The first-order valence-electron chi connectivity index (χ1n) is 5.38. The summed E-state index contributed by atoms with van der Waals surface area (Å²) in [5.41, 5.74) is 1.42. The highest BCUT2D eigenvalue weighted by Crippen LogP contribution is 2.25. The summed E-state index contributed by atoms with van der Waals surface area (Å²) in [6, 6.07) is 4.74. The lowest BCUT2D eigenvalue weighted by Gasteiger charge is -2.29. The van der Waals surface area contributed by atoms with Gasteiger partial charge >= 0.3 is 6.03 Å². The predicted molar refractivity (Wildman–Crippen MR) is 66.2 cm³/mol. The lowest BCUT2D eigenvalue weighted by Crippen LogP contribution is -2.54. The molecular formula is C12H13ClN2O2. The molecule has 17 heavy (non-hydrogen) atoms. The number of imide groups is 1. The molecule has 2 rings (SSSR count). The molecule has 1 heterocycles. The fraction of sp³-hybridized carbons (Fsp3) is 0.333. The van der Waals surface area contributed by atoms with Gasteiger partial charge in [-0.15, -0.1) is 0 Å². The van der Waals surface area contributed by atoms with E-state index in [2.05, 4.69) is 5.32 Å². The van der Waals surface area contributed by atoms with Crippen molar-refractivity contribution < 1.29 is 9.59 Å². The largest absolute Gasteiger partial charge is 0.337 e. The molecule has 1 aromatic carbocycles. The zero-order chi connectivity index (χ0) is 12.6. The highest BCUT2D eigenvalue weighted by atomic mass is 35.5. The third kappa shape index (κ3) is 2.13. The molecule has 0 aliphatic carbocycles. The Bertz CT molecular complexity index is 487. The Morgan fingerprint density at radius 3 is 2.76 bits per heavy atom. The first-order chi connectivity index (χ1) is 8.00. The minimum Gasteiger partial charge on any atom is -0.337 e. The maximum absolute atomic E-state index is 12.0. The van der Waals surface area contributed by atoms with E-state index in [-0.39, 0.29) is 11.8 Å². The number of nitrogens with one attached hydrogen (secondary N) is 1. The smallest absolute Gasteiger partial charge is 0.328 e. The standard InChI is InChI=1S/C12H13ClN2O2/c1-7-3-4-9(5-10(7)13)15-11(16)8(2)6-14-12(15)17/h3-5,8H,6H2,1-2H3,(H,14,17). The third-order valence-electron chi connectivity index (χ3n) is 2.82. The van der Waals surface area contributed by atoms with Crippen LogP contribution < -0.4 is 10.2 Å². The summed E-state index contributed by atoms with van der Waals surface area (Å²) in [7, 11) is 0. The van der Waals surface area contributed by atoms with E-state index in [4.69, 9.17) is 11.6 Å². The second kappa shape index (κ2) is 4.37. The molecule has 1 saturated heterocycles. The van der Waals surface area contributed by atoms with Gasteiger partial charge in [0, 0.05) is 11.6 Å². The molecule has 0 bridgehead atoms. The normalized spacial score (nSPS) is 20.4. The Hall–Kier alpha value is -1.55. The molecule has 0 radical (unpaired) electrons. The first-order valence-corrected chi connectivity index (χ1v) is 5.76. The van der Waals surface area contributed by atoms with Crippen LogP contribution >= 0.6 is 11.6 Å². The zero-order valence-corrected chi connectivity index (χ0v) is 10.4. The van der Waals surface area contributed by atoms with Gasteiger partial charge in [-0.05, 0) is 24.6 Å². The average Bonchev–Trinajstić information content (AvgIpc) is 2.29. The van der Waals surface area contributed by atoms with Crippen LogP contribution in [0.3, 0.4) is 0 Å². The van der Waals surface area contributed by atoms with Crippen LogP contribution in [-0.2, 0) is 4.79 Å². The van der Waals surface area contributed by atoms with Gasteiger partial charge in [-0.2, -0.15) is 0 Å². The molecule has 1 unspecified atom stereocenters. The number of rotatable bonds is 1. The van der Waals surface area contributed by atoms with Gasteiger partial charge in [-0.3, -0.25) is 4.79 Å². The molecule has 90 valence electrons. The van der Waals surface area contributed by atoms with Crippen LogP contribution in [0.1, 0.15) is 12.5 Å². The van der Waals surface area contributed by atoms with Gasteiger partial charge in [0.2, 0.25) is 5.91 Å². The van der Waals surface area contributed by atoms with E-state index in [0.29, 0.717) is 17.3 Å². The summed E-state index contributed by atoms with van der Waals surface area (Å²) >= 11 is 6.00. The fourth-order valence-corrected chi connectivity index (χ4v) is 1.87. The van der Waals surface area contributed by atoms with E-state index in [1.165, 1.54) is 0 Å². The van der Waals surface area contributed by atoms with Gasteiger partial charge in [0.15, 0.2) is 0 Å². The Morgan fingerprint density at radius 1 is 1.41 bits per heavy atom. The van der Waals surface area contributed by atoms with Crippen LogP contribution in [-0.4, -0.2) is 18.5 Å². The number of amides is 3. The number of carbonyl (C=O) groups is 2. The SMILES string of the molecule is Cc1ccc(N2C(=O)NCC(C)C2=O)cc1Cl. The molecule has 0 spiro atoms. The fourth-order valence-electron chi connectivity index (χ4n) is 1.69. The lowest BCUT2D eigenvalue weighted by molar-refractivity contribution is -0.121. The topological polar surface area (TPSA) is 49.4 Å². The van der Waals surface area contributed by atoms with E-state index in [1.54, 1.807) is 25.1 Å². The molecule has 4 nitrogen and oxygen atoms in total. The van der Waals surface area contributed by atoms with Gasteiger partial charge in [0.1, 0.15) is 0 Å². The van der Waals surface area contributed by atoms with Crippen LogP contribution in [0, 0.1) is 12.8 Å². The Balaban J connectivity index is 2.39. The van der Waals surface area contributed by atoms with Crippen molar-refractivity contribution in [1.29, 1.82) is 0 Å². The number of aryl methyl sites for hydroxylation is 1. The van der Waals surface area contributed by atoms with Gasteiger partial charge in [0.25, 0.3) is 0 Å². The molecule has 0 saturated carbocycles. The van der Waals surface area contributed by atoms with E-state index in [1.807, 2.05) is 6.92 Å². The maximum atomic E-state index is 12.0. The van der Waals surface area contributed by atoms with Crippen molar-refractivity contribution in [1.82, 2.24) is 5.32 Å². The number of anilines is 1. The third-order valence-corrected chi connectivity index (χ3v) is 3.23. The van der Waals surface area contributed by atoms with E-state index < -0.39 is 6.03 Å². The van der Waals surface area contributed by atoms with Crippen molar-refractivity contribution >= 4 is 29.2 Å². The molecule has 1 N–H and O–H groups in total. The van der Waals surface area contributed by atoms with Gasteiger partial charge in [-0.25, -0.2) is 9.69 Å². The zero-order valence-electron chi connectivity index (χ0n) is 9.66. The predicted octanol–water partition coefficient (Wildman–Crippen LogP) is 2.34. The second-order valence-electron chi connectivity index (χ2n) is 4.19. The Kier molecular flexibility index (Phi) is 3.07. The number of urea groups is 1. The minimum absolute atomic E-state index is 0.200.